The minimum atomic E-state index is -0.0708. The van der Waals surface area contributed by atoms with Crippen LogP contribution in [0.15, 0.2) is 65.8 Å². The van der Waals surface area contributed by atoms with Crippen LogP contribution in [-0.2, 0) is 19.5 Å². The lowest BCUT2D eigenvalue weighted by molar-refractivity contribution is 0.625. The van der Waals surface area contributed by atoms with E-state index in [1.807, 2.05) is 71.0 Å². The van der Waals surface area contributed by atoms with Crippen molar-refractivity contribution in [1.29, 1.82) is 0 Å². The van der Waals surface area contributed by atoms with E-state index in [0.717, 1.165) is 53.2 Å². The molecule has 0 unspecified atom stereocenters. The maximum absolute atomic E-state index is 13.4. The Morgan fingerprint density at radius 1 is 1.03 bits per heavy atom. The number of H-pyrrole nitrogens is 1. The normalized spacial score (nSPS) is 11.3. The number of pyridine rings is 1. The third-order valence-corrected chi connectivity index (χ3v) is 6.06. The maximum atomic E-state index is 13.4. The van der Waals surface area contributed by atoms with Gasteiger partial charge in [-0.3, -0.25) is 14.1 Å². The number of rotatable bonds is 9. The first-order chi connectivity index (χ1) is 17.2. The predicted octanol–water partition coefficient (Wildman–Crippen LogP) is 3.49. The summed E-state index contributed by atoms with van der Waals surface area (Å²) in [5.74, 6) is 1.37. The summed E-state index contributed by atoms with van der Waals surface area (Å²) in [5.41, 5.74) is 4.50. The number of aromatic amines is 1. The summed E-state index contributed by atoms with van der Waals surface area (Å²) in [7, 11) is 0. The summed E-state index contributed by atoms with van der Waals surface area (Å²) < 4.78 is 5.37. The summed E-state index contributed by atoms with van der Waals surface area (Å²) in [4.78, 5) is 18.1. The van der Waals surface area contributed by atoms with Gasteiger partial charge >= 0.3 is 5.69 Å². The molecule has 0 spiro atoms. The fourth-order valence-corrected chi connectivity index (χ4v) is 4.24. The van der Waals surface area contributed by atoms with E-state index in [1.165, 1.54) is 0 Å². The summed E-state index contributed by atoms with van der Waals surface area (Å²) >= 11 is 0. The number of aromatic nitrogens is 9. The van der Waals surface area contributed by atoms with E-state index >= 15 is 0 Å². The molecule has 0 bridgehead atoms. The van der Waals surface area contributed by atoms with E-state index in [9.17, 15) is 4.79 Å². The smallest absolute Gasteiger partial charge is 0.292 e. The molecule has 0 aliphatic heterocycles. The molecule has 0 saturated carbocycles. The van der Waals surface area contributed by atoms with Crippen LogP contribution < -0.4 is 5.69 Å². The van der Waals surface area contributed by atoms with Crippen molar-refractivity contribution in [1.82, 2.24) is 44.5 Å². The summed E-state index contributed by atoms with van der Waals surface area (Å²) in [5, 5.41) is 18.5. The van der Waals surface area contributed by atoms with Crippen LogP contribution in [0.4, 0.5) is 0 Å². The monoisotopic (exact) mass is 469 g/mol. The molecular formula is C25H27N9O. The molecule has 0 atom stereocenters. The number of nitrogens with zero attached hydrogens (tertiary/aromatic N) is 8. The van der Waals surface area contributed by atoms with Crippen molar-refractivity contribution < 1.29 is 0 Å². The van der Waals surface area contributed by atoms with Crippen LogP contribution in [0.3, 0.4) is 0 Å². The van der Waals surface area contributed by atoms with Gasteiger partial charge in [0.15, 0.2) is 5.82 Å². The highest BCUT2D eigenvalue weighted by Crippen LogP contribution is 2.28. The molecule has 0 fully saturated rings. The van der Waals surface area contributed by atoms with Crippen molar-refractivity contribution in [2.45, 2.75) is 46.2 Å². The van der Waals surface area contributed by atoms with Crippen LogP contribution in [0.2, 0.25) is 0 Å². The first-order valence-corrected chi connectivity index (χ1v) is 11.8. The Labute approximate surface area is 202 Å². The standard InChI is InChI=1S/C25H27N9O/c1-3-5-8-19-17-33(23-13-14-27-34(23)4-2)25(35)32(19)16-18-11-12-22(26-15-18)20-9-6-7-10-21(20)24-28-30-31-29-24/h6-7,9-15,17H,3-5,8,16H2,1-2H3,(H,28,29,30,31). The molecule has 178 valence electrons. The fraction of sp³-hybridized carbons (Fsp3) is 0.280. The zero-order chi connectivity index (χ0) is 24.2. The second kappa shape index (κ2) is 9.88. The zero-order valence-corrected chi connectivity index (χ0v) is 19.8. The van der Waals surface area contributed by atoms with Gasteiger partial charge in [0.05, 0.1) is 18.4 Å². The lowest BCUT2D eigenvalue weighted by Crippen LogP contribution is -2.26. The van der Waals surface area contributed by atoms with Crippen molar-refractivity contribution in [2.24, 2.45) is 0 Å². The lowest BCUT2D eigenvalue weighted by Gasteiger charge is -2.09. The molecule has 10 heteroatoms. The molecule has 0 amide bonds. The number of unbranched alkanes of at least 4 members (excludes halogenated alkanes) is 1. The average Bonchev–Trinajstić information content (AvgIpc) is 3.65. The van der Waals surface area contributed by atoms with Gasteiger partial charge in [0.2, 0.25) is 0 Å². The molecule has 5 rings (SSSR count). The molecule has 1 aromatic carbocycles. The average molecular weight is 470 g/mol. The number of hydrogen-bond acceptors (Lipinski definition) is 6. The second-order valence-electron chi connectivity index (χ2n) is 8.32. The molecule has 0 aliphatic carbocycles. The van der Waals surface area contributed by atoms with Crippen molar-refractivity contribution in [3.63, 3.8) is 0 Å². The summed E-state index contributed by atoms with van der Waals surface area (Å²) in [6, 6.07) is 13.7. The number of tetrazole rings is 1. The van der Waals surface area contributed by atoms with Crippen molar-refractivity contribution in [3.05, 3.63) is 82.8 Å². The Balaban J connectivity index is 1.47. The van der Waals surface area contributed by atoms with Gasteiger partial charge in [0.25, 0.3) is 0 Å². The van der Waals surface area contributed by atoms with Crippen LogP contribution >= 0.6 is 0 Å². The Hall–Kier alpha value is -4.34. The van der Waals surface area contributed by atoms with E-state index in [0.29, 0.717) is 18.9 Å². The third-order valence-electron chi connectivity index (χ3n) is 6.06. The first kappa shape index (κ1) is 22.5. The van der Waals surface area contributed by atoms with Crippen LogP contribution in [0.25, 0.3) is 28.5 Å². The summed E-state index contributed by atoms with van der Waals surface area (Å²) in [6.45, 7) is 5.31. The molecule has 4 aromatic heterocycles. The van der Waals surface area contributed by atoms with Gasteiger partial charge in [-0.25, -0.2) is 14.6 Å². The van der Waals surface area contributed by atoms with E-state index in [-0.39, 0.29) is 5.69 Å². The number of aryl methyl sites for hydroxylation is 2. The van der Waals surface area contributed by atoms with Crippen molar-refractivity contribution in [3.8, 4) is 28.5 Å². The first-order valence-electron chi connectivity index (χ1n) is 11.8. The zero-order valence-electron chi connectivity index (χ0n) is 19.8. The molecule has 5 aromatic rings. The highest BCUT2D eigenvalue weighted by Gasteiger charge is 2.16. The minimum Gasteiger partial charge on any atom is -0.292 e. The van der Waals surface area contributed by atoms with Gasteiger partial charge in [0.1, 0.15) is 5.82 Å². The van der Waals surface area contributed by atoms with E-state index in [4.69, 9.17) is 4.98 Å². The Morgan fingerprint density at radius 2 is 1.89 bits per heavy atom. The van der Waals surface area contributed by atoms with Gasteiger partial charge in [0, 0.05) is 41.8 Å². The molecule has 1 N–H and O–H groups in total. The van der Waals surface area contributed by atoms with Crippen molar-refractivity contribution in [2.75, 3.05) is 0 Å². The minimum absolute atomic E-state index is 0.0708. The molecule has 35 heavy (non-hydrogen) atoms. The quantitative estimate of drug-likeness (QED) is 0.354. The molecule has 0 radical (unpaired) electrons. The van der Waals surface area contributed by atoms with Gasteiger partial charge in [-0.15, -0.1) is 5.10 Å². The van der Waals surface area contributed by atoms with Crippen LogP contribution in [0.1, 0.15) is 37.9 Å². The molecule has 0 aliphatic rings. The second-order valence-corrected chi connectivity index (χ2v) is 8.32. The molecule has 4 heterocycles. The SMILES string of the molecule is CCCCc1cn(-c2ccnn2CC)c(=O)n1Cc1ccc(-c2ccccc2-c2nnn[nH]2)nc1. The maximum Gasteiger partial charge on any atom is 0.334 e. The molecular weight excluding hydrogens is 442 g/mol. The highest BCUT2D eigenvalue weighted by molar-refractivity contribution is 5.78. The predicted molar refractivity (Wildman–Crippen MR) is 132 cm³/mol. The largest absolute Gasteiger partial charge is 0.334 e. The summed E-state index contributed by atoms with van der Waals surface area (Å²) in [6.07, 6.45) is 8.41. The topological polar surface area (TPSA) is 112 Å². The van der Waals surface area contributed by atoms with Gasteiger partial charge in [-0.1, -0.05) is 43.7 Å². The van der Waals surface area contributed by atoms with Gasteiger partial charge in [-0.05, 0) is 41.8 Å². The van der Waals surface area contributed by atoms with E-state index in [2.05, 4.69) is 32.6 Å². The number of imidazole rings is 1. The Kier molecular flexibility index (Phi) is 6.34. The lowest BCUT2D eigenvalue weighted by atomic mass is 10.0. The molecule has 0 saturated heterocycles. The Morgan fingerprint density at radius 3 is 2.60 bits per heavy atom. The van der Waals surface area contributed by atoms with Crippen molar-refractivity contribution >= 4 is 0 Å². The molecule has 10 nitrogen and oxygen atoms in total. The van der Waals surface area contributed by atoms with Crippen LogP contribution in [0, 0.1) is 0 Å². The fourth-order valence-electron chi connectivity index (χ4n) is 4.24. The number of benzene rings is 1. The third kappa shape index (κ3) is 4.42. The van der Waals surface area contributed by atoms with Crippen LogP contribution in [-0.4, -0.2) is 44.5 Å². The number of nitrogens with one attached hydrogen (secondary N) is 1. The van der Waals surface area contributed by atoms with E-state index < -0.39 is 0 Å². The highest BCUT2D eigenvalue weighted by atomic mass is 16.1. The van der Waals surface area contributed by atoms with Crippen LogP contribution in [0.5, 0.6) is 0 Å². The number of hydrogen-bond donors (Lipinski definition) is 1. The van der Waals surface area contributed by atoms with Gasteiger partial charge < -0.3 is 0 Å². The van der Waals surface area contributed by atoms with Gasteiger partial charge in [-0.2, -0.15) is 5.10 Å². The Bertz CT molecular complexity index is 1460. The van der Waals surface area contributed by atoms with E-state index in [1.54, 1.807) is 10.8 Å².